The summed E-state index contributed by atoms with van der Waals surface area (Å²) < 4.78 is 0. The molecule has 17 heavy (non-hydrogen) atoms. The molecule has 0 radical (unpaired) electrons. The number of hydrogen-bond acceptors (Lipinski definition) is 3. The molecule has 3 nitrogen and oxygen atoms in total. The van der Waals surface area contributed by atoms with E-state index in [0.29, 0.717) is 6.42 Å². The van der Waals surface area contributed by atoms with Gasteiger partial charge in [0.05, 0.1) is 0 Å². The number of hydrogen-bond donors (Lipinski definition) is 0. The lowest BCUT2D eigenvalue weighted by Crippen LogP contribution is -2.14. The molecule has 0 fully saturated rings. The minimum Gasteiger partial charge on any atom is -0.263 e. The third-order valence-corrected chi connectivity index (χ3v) is 3.78. The van der Waals surface area contributed by atoms with E-state index in [0.717, 1.165) is 24.2 Å². The molecule has 94 valence electrons. The third kappa shape index (κ3) is 5.73. The molecule has 1 rings (SSSR count). The Hall–Kier alpha value is -1.03. The number of thioether (sulfide) groups is 1. The Bertz CT molecular complexity index is 329. The zero-order valence-electron chi connectivity index (χ0n) is 10.2. The topological polar surface area (TPSA) is 43.1 Å². The van der Waals surface area contributed by atoms with Crippen LogP contribution in [0.1, 0.15) is 39.0 Å². The fourth-order valence-electron chi connectivity index (χ4n) is 1.61. The molecule has 1 aromatic carbocycles. The van der Waals surface area contributed by atoms with Crippen molar-refractivity contribution in [2.45, 2.75) is 49.3 Å². The van der Waals surface area contributed by atoms with Gasteiger partial charge in [0.2, 0.25) is 0 Å². The second kappa shape index (κ2) is 8.12. The van der Waals surface area contributed by atoms with E-state index in [1.807, 2.05) is 30.3 Å². The molecule has 0 spiro atoms. The van der Waals surface area contributed by atoms with Crippen LogP contribution in [0.25, 0.3) is 0 Å². The van der Waals surface area contributed by atoms with Crippen molar-refractivity contribution in [2.75, 3.05) is 0 Å². The van der Waals surface area contributed by atoms with Crippen molar-refractivity contribution in [1.29, 1.82) is 0 Å². The number of benzene rings is 1. The first-order valence-electron chi connectivity index (χ1n) is 6.09. The molecular formula is C13H19NO2S. The number of nitro groups is 1. The first-order chi connectivity index (χ1) is 8.24. The summed E-state index contributed by atoms with van der Waals surface area (Å²) in [6.45, 7) is 2.14. The summed E-state index contributed by atoms with van der Waals surface area (Å²) in [5.41, 5.74) is 0. The van der Waals surface area contributed by atoms with Crippen molar-refractivity contribution in [3.05, 3.63) is 40.4 Å². The average Bonchev–Trinajstić information content (AvgIpc) is 2.34. The molecule has 0 aliphatic heterocycles. The SMILES string of the molecule is CCCCCCC(Sc1ccccc1)[N+](=O)[O-]. The van der Waals surface area contributed by atoms with Crippen LogP contribution >= 0.6 is 11.8 Å². The van der Waals surface area contributed by atoms with E-state index in [1.54, 1.807) is 0 Å². The van der Waals surface area contributed by atoms with E-state index in [9.17, 15) is 10.1 Å². The molecular weight excluding hydrogens is 234 g/mol. The van der Waals surface area contributed by atoms with Gasteiger partial charge < -0.3 is 0 Å². The van der Waals surface area contributed by atoms with Crippen LogP contribution in [-0.4, -0.2) is 10.3 Å². The van der Waals surface area contributed by atoms with Crippen molar-refractivity contribution in [3.63, 3.8) is 0 Å². The summed E-state index contributed by atoms with van der Waals surface area (Å²) in [7, 11) is 0. The predicted molar refractivity (Wildman–Crippen MR) is 71.8 cm³/mol. The first kappa shape index (κ1) is 14.0. The van der Waals surface area contributed by atoms with Crippen LogP contribution < -0.4 is 0 Å². The standard InChI is InChI=1S/C13H19NO2S/c1-2-3-4-8-11-13(14(15)16)17-12-9-6-5-7-10-12/h5-7,9-10,13H,2-4,8,11H2,1H3. The normalized spacial score (nSPS) is 12.3. The molecule has 0 N–H and O–H groups in total. The molecule has 1 atom stereocenters. The van der Waals surface area contributed by atoms with Gasteiger partial charge in [-0.25, -0.2) is 0 Å². The smallest absolute Gasteiger partial charge is 0.262 e. The van der Waals surface area contributed by atoms with Crippen molar-refractivity contribution in [1.82, 2.24) is 0 Å². The highest BCUT2D eigenvalue weighted by Gasteiger charge is 2.20. The maximum absolute atomic E-state index is 11.0. The van der Waals surface area contributed by atoms with Crippen LogP contribution in [0.3, 0.4) is 0 Å². The lowest BCUT2D eigenvalue weighted by molar-refractivity contribution is -0.496. The van der Waals surface area contributed by atoms with Gasteiger partial charge in [0, 0.05) is 16.2 Å². The molecule has 0 aromatic heterocycles. The van der Waals surface area contributed by atoms with Gasteiger partial charge >= 0.3 is 0 Å². The van der Waals surface area contributed by atoms with E-state index < -0.39 is 5.37 Å². The zero-order chi connectivity index (χ0) is 12.5. The van der Waals surface area contributed by atoms with Crippen LogP contribution in [-0.2, 0) is 0 Å². The van der Waals surface area contributed by atoms with E-state index in [4.69, 9.17) is 0 Å². The fraction of sp³-hybridized carbons (Fsp3) is 0.538. The largest absolute Gasteiger partial charge is 0.263 e. The zero-order valence-corrected chi connectivity index (χ0v) is 11.0. The highest BCUT2D eigenvalue weighted by molar-refractivity contribution is 7.99. The van der Waals surface area contributed by atoms with E-state index in [2.05, 4.69) is 6.92 Å². The second-order valence-corrected chi connectivity index (χ2v) is 5.27. The highest BCUT2D eigenvalue weighted by atomic mass is 32.2. The van der Waals surface area contributed by atoms with Crippen molar-refractivity contribution in [3.8, 4) is 0 Å². The van der Waals surface area contributed by atoms with E-state index in [1.165, 1.54) is 18.2 Å². The molecule has 1 unspecified atom stereocenters. The van der Waals surface area contributed by atoms with E-state index in [-0.39, 0.29) is 4.92 Å². The average molecular weight is 253 g/mol. The Morgan fingerprint density at radius 1 is 1.24 bits per heavy atom. The molecule has 0 aliphatic rings. The quantitative estimate of drug-likeness (QED) is 0.227. The van der Waals surface area contributed by atoms with Gasteiger partial charge in [-0.1, -0.05) is 44.4 Å². The van der Waals surface area contributed by atoms with Gasteiger partial charge in [-0.15, -0.1) is 0 Å². The molecule has 0 bridgehead atoms. The predicted octanol–water partition coefficient (Wildman–Crippen LogP) is 4.35. The summed E-state index contributed by atoms with van der Waals surface area (Å²) in [5.74, 6) is 0. The maximum atomic E-state index is 11.0. The fourth-order valence-corrected chi connectivity index (χ4v) is 2.61. The van der Waals surface area contributed by atoms with Crippen LogP contribution in [0.15, 0.2) is 35.2 Å². The first-order valence-corrected chi connectivity index (χ1v) is 6.97. The van der Waals surface area contributed by atoms with Crippen LogP contribution in [0.4, 0.5) is 0 Å². The second-order valence-electron chi connectivity index (χ2n) is 4.02. The van der Waals surface area contributed by atoms with Gasteiger partial charge in [-0.05, 0) is 30.3 Å². The van der Waals surface area contributed by atoms with Crippen molar-refractivity contribution < 1.29 is 4.92 Å². The molecule has 1 aromatic rings. The molecule has 0 amide bonds. The minimum atomic E-state index is -0.505. The highest BCUT2D eigenvalue weighted by Crippen LogP contribution is 2.26. The summed E-state index contributed by atoms with van der Waals surface area (Å²) in [5, 5.41) is 10.4. The summed E-state index contributed by atoms with van der Waals surface area (Å²) in [4.78, 5) is 11.8. The van der Waals surface area contributed by atoms with Crippen LogP contribution in [0.2, 0.25) is 0 Å². The molecule has 0 heterocycles. The summed E-state index contributed by atoms with van der Waals surface area (Å²) >= 11 is 1.36. The Kier molecular flexibility index (Phi) is 6.70. The third-order valence-electron chi connectivity index (χ3n) is 2.56. The van der Waals surface area contributed by atoms with Crippen molar-refractivity contribution in [2.24, 2.45) is 0 Å². The van der Waals surface area contributed by atoms with Gasteiger partial charge in [-0.3, -0.25) is 10.1 Å². The number of unbranched alkanes of at least 4 members (excludes halogenated alkanes) is 3. The molecule has 0 saturated carbocycles. The molecule has 0 aliphatic carbocycles. The Balaban J connectivity index is 2.41. The van der Waals surface area contributed by atoms with Crippen LogP contribution in [0, 0.1) is 10.1 Å². The molecule has 4 heteroatoms. The Labute approximate surface area is 107 Å². The Morgan fingerprint density at radius 3 is 2.53 bits per heavy atom. The van der Waals surface area contributed by atoms with Gasteiger partial charge in [0.25, 0.3) is 5.37 Å². The maximum Gasteiger partial charge on any atom is 0.262 e. The van der Waals surface area contributed by atoms with Gasteiger partial charge in [0.1, 0.15) is 0 Å². The van der Waals surface area contributed by atoms with Crippen molar-refractivity contribution >= 4 is 11.8 Å². The lowest BCUT2D eigenvalue weighted by Gasteiger charge is -2.08. The minimum absolute atomic E-state index is 0.163. The lowest BCUT2D eigenvalue weighted by atomic mass is 10.1. The number of rotatable bonds is 8. The van der Waals surface area contributed by atoms with Gasteiger partial charge in [0.15, 0.2) is 0 Å². The monoisotopic (exact) mass is 253 g/mol. The Morgan fingerprint density at radius 2 is 1.94 bits per heavy atom. The van der Waals surface area contributed by atoms with Crippen LogP contribution in [0.5, 0.6) is 0 Å². The summed E-state index contributed by atoms with van der Waals surface area (Å²) in [6, 6.07) is 9.60. The van der Waals surface area contributed by atoms with E-state index >= 15 is 0 Å². The van der Waals surface area contributed by atoms with Gasteiger partial charge in [-0.2, -0.15) is 0 Å². The number of nitrogens with zero attached hydrogens (tertiary/aromatic N) is 1. The summed E-state index contributed by atoms with van der Waals surface area (Å²) in [6.07, 6.45) is 5.03. The molecule has 0 saturated heterocycles.